The fraction of sp³-hybridized carbons (Fsp3) is 0.524. The number of nitrogens with one attached hydrogen (secondary N) is 2. The predicted octanol–water partition coefficient (Wildman–Crippen LogP) is 1.47. The molecule has 0 saturated carbocycles. The first-order chi connectivity index (χ1) is 14.0. The first-order valence-electron chi connectivity index (χ1n) is 10.3. The molecule has 0 radical (unpaired) electrons. The van der Waals surface area contributed by atoms with Crippen molar-refractivity contribution in [1.82, 2.24) is 20.4 Å². The van der Waals surface area contributed by atoms with Gasteiger partial charge in [-0.15, -0.1) is 24.0 Å². The van der Waals surface area contributed by atoms with Gasteiger partial charge >= 0.3 is 0 Å². The van der Waals surface area contributed by atoms with Gasteiger partial charge in [0.25, 0.3) is 11.8 Å². The van der Waals surface area contributed by atoms with Crippen molar-refractivity contribution in [2.24, 2.45) is 10.4 Å². The molecule has 0 aliphatic carbocycles. The number of hydrogen-bond acceptors (Lipinski definition) is 4. The van der Waals surface area contributed by atoms with Gasteiger partial charge in [-0.25, -0.2) is 0 Å². The van der Waals surface area contributed by atoms with Gasteiger partial charge in [-0.05, 0) is 31.9 Å². The summed E-state index contributed by atoms with van der Waals surface area (Å²) < 4.78 is 0. The zero-order chi connectivity index (χ0) is 20.4. The highest BCUT2D eigenvalue weighted by molar-refractivity contribution is 14.0. The maximum Gasteiger partial charge on any atom is 0.261 e. The van der Waals surface area contributed by atoms with Crippen LogP contribution in [-0.4, -0.2) is 72.7 Å². The first-order valence-corrected chi connectivity index (χ1v) is 10.3. The van der Waals surface area contributed by atoms with Crippen LogP contribution in [-0.2, 0) is 4.79 Å². The van der Waals surface area contributed by atoms with Crippen LogP contribution in [0.1, 0.15) is 46.9 Å². The largest absolute Gasteiger partial charge is 0.357 e. The van der Waals surface area contributed by atoms with E-state index in [9.17, 15) is 14.4 Å². The fourth-order valence-corrected chi connectivity index (χ4v) is 4.55. The van der Waals surface area contributed by atoms with Gasteiger partial charge in [0.05, 0.1) is 17.7 Å². The molecule has 1 spiro atoms. The molecule has 3 aliphatic heterocycles. The Bertz CT molecular complexity index is 839. The Morgan fingerprint density at radius 3 is 2.50 bits per heavy atom. The third-order valence-corrected chi connectivity index (χ3v) is 5.96. The van der Waals surface area contributed by atoms with Crippen molar-refractivity contribution in [2.45, 2.75) is 26.2 Å². The van der Waals surface area contributed by atoms with Crippen LogP contribution in [0.25, 0.3) is 0 Å². The zero-order valence-corrected chi connectivity index (χ0v) is 19.5. The summed E-state index contributed by atoms with van der Waals surface area (Å²) in [5.41, 5.74) is 0.906. The molecule has 1 unspecified atom stereocenters. The Hall–Kier alpha value is -2.17. The number of piperidine rings is 1. The molecule has 4 rings (SSSR count). The average molecular weight is 525 g/mol. The van der Waals surface area contributed by atoms with Gasteiger partial charge in [0.1, 0.15) is 0 Å². The average Bonchev–Trinajstić information content (AvgIpc) is 3.19. The summed E-state index contributed by atoms with van der Waals surface area (Å²) in [6, 6.07) is 6.91. The van der Waals surface area contributed by atoms with Gasteiger partial charge in [0.2, 0.25) is 5.91 Å². The molecule has 1 aromatic carbocycles. The minimum absolute atomic E-state index is 0. The lowest BCUT2D eigenvalue weighted by Crippen LogP contribution is -2.51. The lowest BCUT2D eigenvalue weighted by molar-refractivity contribution is -0.119. The van der Waals surface area contributed by atoms with Crippen LogP contribution < -0.4 is 10.6 Å². The van der Waals surface area contributed by atoms with Crippen molar-refractivity contribution in [3.05, 3.63) is 35.4 Å². The van der Waals surface area contributed by atoms with Gasteiger partial charge in [0.15, 0.2) is 5.96 Å². The number of fused-ring (bicyclic) bond motifs is 1. The summed E-state index contributed by atoms with van der Waals surface area (Å²) in [5.74, 6) is 0.401. The third-order valence-electron chi connectivity index (χ3n) is 5.96. The van der Waals surface area contributed by atoms with Crippen molar-refractivity contribution < 1.29 is 14.4 Å². The molecular weight excluding hydrogens is 497 g/mol. The highest BCUT2D eigenvalue weighted by Gasteiger charge is 2.42. The van der Waals surface area contributed by atoms with Gasteiger partial charge in [-0.1, -0.05) is 12.1 Å². The molecule has 9 heteroatoms. The van der Waals surface area contributed by atoms with Crippen molar-refractivity contribution in [3.8, 4) is 0 Å². The second kappa shape index (κ2) is 9.32. The molecular formula is C21H28IN5O3. The van der Waals surface area contributed by atoms with Gasteiger partial charge in [-0.3, -0.25) is 24.3 Å². The van der Waals surface area contributed by atoms with Crippen LogP contribution in [0, 0.1) is 5.41 Å². The lowest BCUT2D eigenvalue weighted by atomic mass is 9.79. The number of hydrogen-bond donors (Lipinski definition) is 2. The van der Waals surface area contributed by atoms with E-state index in [1.54, 1.807) is 24.3 Å². The SMILES string of the molecule is CCNC(=NCCN1C(=O)c2ccccc2C1=O)N1CCCC2(CNC(=O)C2)C1.I. The minimum atomic E-state index is -0.252. The predicted molar refractivity (Wildman–Crippen MR) is 124 cm³/mol. The van der Waals surface area contributed by atoms with Crippen LogP contribution in [0.4, 0.5) is 0 Å². The van der Waals surface area contributed by atoms with Crippen LogP contribution >= 0.6 is 24.0 Å². The van der Waals surface area contributed by atoms with E-state index >= 15 is 0 Å². The maximum atomic E-state index is 12.5. The van der Waals surface area contributed by atoms with E-state index in [-0.39, 0.29) is 53.7 Å². The number of guanidine groups is 1. The summed E-state index contributed by atoms with van der Waals surface area (Å²) in [6.45, 7) is 5.72. The normalized spacial score (nSPS) is 23.5. The molecule has 2 fully saturated rings. The second-order valence-electron chi connectivity index (χ2n) is 8.02. The van der Waals surface area contributed by atoms with E-state index in [4.69, 9.17) is 0 Å². The molecule has 162 valence electrons. The number of carbonyl (C=O) groups excluding carboxylic acids is 3. The third kappa shape index (κ3) is 4.30. The number of halogens is 1. The Labute approximate surface area is 193 Å². The van der Waals surface area contributed by atoms with E-state index in [1.165, 1.54) is 4.90 Å². The van der Waals surface area contributed by atoms with Gasteiger partial charge < -0.3 is 15.5 Å². The Morgan fingerprint density at radius 1 is 1.20 bits per heavy atom. The van der Waals surface area contributed by atoms with Crippen molar-refractivity contribution in [1.29, 1.82) is 0 Å². The number of likely N-dealkylation sites (tertiary alicyclic amines) is 1. The van der Waals surface area contributed by atoms with E-state index in [1.807, 2.05) is 6.92 Å². The van der Waals surface area contributed by atoms with Gasteiger partial charge in [-0.2, -0.15) is 0 Å². The smallest absolute Gasteiger partial charge is 0.261 e. The van der Waals surface area contributed by atoms with Crippen molar-refractivity contribution >= 4 is 47.7 Å². The van der Waals surface area contributed by atoms with Crippen LogP contribution in [0.15, 0.2) is 29.3 Å². The number of amides is 3. The molecule has 2 N–H and O–H groups in total. The maximum absolute atomic E-state index is 12.5. The highest BCUT2D eigenvalue weighted by Crippen LogP contribution is 2.36. The van der Waals surface area contributed by atoms with Crippen LogP contribution in [0.3, 0.4) is 0 Å². The highest BCUT2D eigenvalue weighted by atomic mass is 127. The minimum Gasteiger partial charge on any atom is -0.357 e. The zero-order valence-electron chi connectivity index (χ0n) is 17.1. The van der Waals surface area contributed by atoms with Crippen molar-refractivity contribution in [3.63, 3.8) is 0 Å². The topological polar surface area (TPSA) is 94.1 Å². The van der Waals surface area contributed by atoms with Crippen LogP contribution in [0.5, 0.6) is 0 Å². The molecule has 3 amide bonds. The number of rotatable bonds is 4. The number of nitrogens with zero attached hydrogens (tertiary/aromatic N) is 3. The molecule has 8 nitrogen and oxygen atoms in total. The second-order valence-corrected chi connectivity index (χ2v) is 8.02. The lowest BCUT2D eigenvalue weighted by Gasteiger charge is -2.40. The molecule has 0 bridgehead atoms. The Balaban J connectivity index is 0.00000256. The fourth-order valence-electron chi connectivity index (χ4n) is 4.55. The van der Waals surface area contributed by atoms with E-state index in [0.29, 0.717) is 24.1 Å². The first kappa shape index (κ1) is 22.5. The summed E-state index contributed by atoms with van der Waals surface area (Å²) in [4.78, 5) is 44.9. The molecule has 0 aromatic heterocycles. The molecule has 2 saturated heterocycles. The molecule has 3 heterocycles. The number of benzene rings is 1. The van der Waals surface area contributed by atoms with E-state index in [2.05, 4.69) is 20.5 Å². The molecule has 1 atom stereocenters. The number of carbonyl (C=O) groups is 3. The van der Waals surface area contributed by atoms with E-state index < -0.39 is 0 Å². The molecule has 1 aromatic rings. The van der Waals surface area contributed by atoms with Crippen LogP contribution in [0.2, 0.25) is 0 Å². The molecule has 3 aliphatic rings. The Kier molecular flexibility index (Phi) is 6.99. The quantitative estimate of drug-likeness (QED) is 0.269. The summed E-state index contributed by atoms with van der Waals surface area (Å²) in [5, 5.41) is 6.28. The Morgan fingerprint density at radius 2 is 1.90 bits per heavy atom. The summed E-state index contributed by atoms with van der Waals surface area (Å²) >= 11 is 0. The molecule has 30 heavy (non-hydrogen) atoms. The van der Waals surface area contributed by atoms with Crippen molar-refractivity contribution in [2.75, 3.05) is 39.3 Å². The number of aliphatic imine (C=N–C) groups is 1. The van der Waals surface area contributed by atoms with Gasteiger partial charge in [0, 0.05) is 44.6 Å². The van der Waals surface area contributed by atoms with E-state index in [0.717, 1.165) is 45.0 Å². The monoisotopic (exact) mass is 525 g/mol. The summed E-state index contributed by atoms with van der Waals surface area (Å²) in [7, 11) is 0. The number of imide groups is 1. The summed E-state index contributed by atoms with van der Waals surface area (Å²) in [6.07, 6.45) is 2.62. The standard InChI is InChI=1S/C21H27N5O3.HI/c1-2-22-20(25-10-5-8-21(14-25)12-17(27)24-13-21)23-9-11-26-18(28)15-6-3-4-7-16(15)19(26)29;/h3-4,6-7H,2,5,8-14H2,1H3,(H,22,23)(H,24,27);1H.